The first-order chi connectivity index (χ1) is 11.1. The normalized spacial score (nSPS) is 22.0. The zero-order valence-corrected chi connectivity index (χ0v) is 14.6. The summed E-state index contributed by atoms with van der Waals surface area (Å²) in [6, 6.07) is -0.143. The number of nitrogens with zero attached hydrogens (tertiary/aromatic N) is 4. The van der Waals surface area contributed by atoms with Crippen molar-refractivity contribution in [2.75, 3.05) is 26.2 Å². The van der Waals surface area contributed by atoms with E-state index in [9.17, 15) is 4.79 Å². The van der Waals surface area contributed by atoms with Gasteiger partial charge in [0.1, 0.15) is 6.33 Å². The molecule has 1 aromatic rings. The highest BCUT2D eigenvalue weighted by Gasteiger charge is 2.20. The van der Waals surface area contributed by atoms with Crippen LogP contribution in [0.5, 0.6) is 0 Å². The molecule has 0 aliphatic carbocycles. The summed E-state index contributed by atoms with van der Waals surface area (Å²) in [7, 11) is 0. The molecule has 0 radical (unpaired) electrons. The van der Waals surface area contributed by atoms with Gasteiger partial charge in [0.25, 0.3) is 0 Å². The fourth-order valence-corrected chi connectivity index (χ4v) is 3.38. The van der Waals surface area contributed by atoms with Crippen molar-refractivity contribution >= 4 is 6.03 Å². The third kappa shape index (κ3) is 5.82. The smallest absolute Gasteiger partial charge is 0.315 e. The quantitative estimate of drug-likeness (QED) is 0.745. The summed E-state index contributed by atoms with van der Waals surface area (Å²) in [5, 5.41) is 13.6. The second kappa shape index (κ2) is 8.86. The van der Waals surface area contributed by atoms with Crippen LogP contribution in [0.1, 0.15) is 39.4 Å². The first-order valence-corrected chi connectivity index (χ1v) is 8.69. The number of aromatic nitrogens is 3. The average molecular weight is 322 g/mol. The third-order valence-electron chi connectivity index (χ3n) is 4.32. The van der Waals surface area contributed by atoms with Gasteiger partial charge in [-0.15, -0.1) is 10.2 Å². The summed E-state index contributed by atoms with van der Waals surface area (Å²) in [4.78, 5) is 14.3. The van der Waals surface area contributed by atoms with Crippen molar-refractivity contribution in [1.29, 1.82) is 0 Å². The lowest BCUT2D eigenvalue weighted by atomic mass is 9.92. The Morgan fingerprint density at radius 1 is 1.30 bits per heavy atom. The highest BCUT2D eigenvalue weighted by Crippen LogP contribution is 2.20. The maximum atomic E-state index is 11.8. The molecule has 7 nitrogen and oxygen atoms in total. The molecule has 0 spiro atoms. The summed E-state index contributed by atoms with van der Waals surface area (Å²) in [6.45, 7) is 12.0. The number of piperidine rings is 1. The Balaban J connectivity index is 1.58. The molecule has 2 N–H and O–H groups in total. The van der Waals surface area contributed by atoms with E-state index in [4.69, 9.17) is 0 Å². The first-order valence-electron chi connectivity index (χ1n) is 8.69. The van der Waals surface area contributed by atoms with Gasteiger partial charge in [0, 0.05) is 26.2 Å². The maximum Gasteiger partial charge on any atom is 0.315 e. The second-order valence-corrected chi connectivity index (χ2v) is 6.70. The lowest BCUT2D eigenvalue weighted by Gasteiger charge is -2.34. The molecule has 1 aliphatic heterocycles. The predicted molar refractivity (Wildman–Crippen MR) is 89.9 cm³/mol. The molecule has 2 amide bonds. The summed E-state index contributed by atoms with van der Waals surface area (Å²) < 4.78 is 1.92. The minimum atomic E-state index is -0.143. The van der Waals surface area contributed by atoms with Crippen LogP contribution in [0.15, 0.2) is 6.33 Å². The molecule has 7 heteroatoms. The van der Waals surface area contributed by atoms with Crippen molar-refractivity contribution in [3.05, 3.63) is 12.2 Å². The number of nitrogens with one attached hydrogen (secondary N) is 2. The number of rotatable bonds is 7. The number of amides is 2. The van der Waals surface area contributed by atoms with Gasteiger partial charge in [-0.3, -0.25) is 0 Å². The highest BCUT2D eigenvalue weighted by atomic mass is 16.2. The Morgan fingerprint density at radius 2 is 2.04 bits per heavy atom. The van der Waals surface area contributed by atoms with Crippen LogP contribution in [0.4, 0.5) is 4.79 Å². The largest absolute Gasteiger partial charge is 0.338 e. The van der Waals surface area contributed by atoms with Gasteiger partial charge in [-0.2, -0.15) is 0 Å². The highest BCUT2D eigenvalue weighted by molar-refractivity contribution is 5.73. The Kier molecular flexibility index (Phi) is 6.83. The van der Waals surface area contributed by atoms with E-state index in [-0.39, 0.29) is 6.03 Å². The van der Waals surface area contributed by atoms with Gasteiger partial charge in [-0.25, -0.2) is 4.79 Å². The Morgan fingerprint density at radius 3 is 2.74 bits per heavy atom. The van der Waals surface area contributed by atoms with Crippen LogP contribution in [0, 0.1) is 11.8 Å². The number of aryl methyl sites for hydroxylation is 1. The van der Waals surface area contributed by atoms with E-state index in [1.165, 1.54) is 19.5 Å². The number of likely N-dealkylation sites (tertiary alicyclic amines) is 1. The molecule has 2 unspecified atom stereocenters. The van der Waals surface area contributed by atoms with Crippen LogP contribution < -0.4 is 10.6 Å². The third-order valence-corrected chi connectivity index (χ3v) is 4.32. The van der Waals surface area contributed by atoms with Gasteiger partial charge in [0.15, 0.2) is 5.82 Å². The monoisotopic (exact) mass is 322 g/mol. The van der Waals surface area contributed by atoms with Gasteiger partial charge < -0.3 is 20.1 Å². The van der Waals surface area contributed by atoms with E-state index in [0.29, 0.717) is 13.1 Å². The summed E-state index contributed by atoms with van der Waals surface area (Å²) in [5.41, 5.74) is 0. The zero-order chi connectivity index (χ0) is 16.7. The van der Waals surface area contributed by atoms with E-state index in [1.807, 2.05) is 11.5 Å². The molecule has 130 valence electrons. The molecular weight excluding hydrogens is 292 g/mol. The van der Waals surface area contributed by atoms with E-state index < -0.39 is 0 Å². The van der Waals surface area contributed by atoms with Crippen LogP contribution in [0.25, 0.3) is 0 Å². The number of urea groups is 1. The van der Waals surface area contributed by atoms with Crippen molar-refractivity contribution in [1.82, 2.24) is 30.3 Å². The summed E-state index contributed by atoms with van der Waals surface area (Å²) in [6.07, 6.45) is 3.99. The standard InChI is InChI=1S/C16H30N6O/c1-4-22-12-19-20-15(22)9-18-16(23)17-6-5-7-21-10-13(2)8-14(3)11-21/h12-14H,4-11H2,1-3H3,(H2,17,18,23). The second-order valence-electron chi connectivity index (χ2n) is 6.70. The fraction of sp³-hybridized carbons (Fsp3) is 0.812. The molecule has 0 saturated carbocycles. The predicted octanol–water partition coefficient (Wildman–Crippen LogP) is 1.47. The van der Waals surface area contributed by atoms with Crippen molar-refractivity contribution in [3.8, 4) is 0 Å². The lowest BCUT2D eigenvalue weighted by molar-refractivity contribution is 0.139. The number of hydrogen-bond donors (Lipinski definition) is 2. The molecule has 23 heavy (non-hydrogen) atoms. The van der Waals surface area contributed by atoms with Crippen LogP contribution in [0.2, 0.25) is 0 Å². The van der Waals surface area contributed by atoms with Gasteiger partial charge in [0.05, 0.1) is 6.54 Å². The van der Waals surface area contributed by atoms with Crippen molar-refractivity contribution in [3.63, 3.8) is 0 Å². The minimum Gasteiger partial charge on any atom is -0.338 e. The SMILES string of the molecule is CCn1cnnc1CNC(=O)NCCCN1CC(C)CC(C)C1. The lowest BCUT2D eigenvalue weighted by Crippen LogP contribution is -2.41. The zero-order valence-electron chi connectivity index (χ0n) is 14.6. The van der Waals surface area contributed by atoms with Gasteiger partial charge in [-0.05, 0) is 38.1 Å². The fourth-order valence-electron chi connectivity index (χ4n) is 3.38. The van der Waals surface area contributed by atoms with Crippen LogP contribution >= 0.6 is 0 Å². The van der Waals surface area contributed by atoms with Crippen molar-refractivity contribution in [2.45, 2.75) is 46.7 Å². The topological polar surface area (TPSA) is 75.1 Å². The Hall–Kier alpha value is -1.63. The Bertz CT molecular complexity index is 479. The van der Waals surface area contributed by atoms with E-state index >= 15 is 0 Å². The first kappa shape index (κ1) is 17.7. The number of carbonyl (C=O) groups excluding carboxylic acids is 1. The molecule has 1 saturated heterocycles. The van der Waals surface area contributed by atoms with E-state index in [1.54, 1.807) is 6.33 Å². The molecule has 2 heterocycles. The summed E-state index contributed by atoms with van der Waals surface area (Å²) in [5.74, 6) is 2.34. The molecule has 1 aliphatic rings. The number of hydrogen-bond acceptors (Lipinski definition) is 4. The molecule has 2 atom stereocenters. The summed E-state index contributed by atoms with van der Waals surface area (Å²) >= 11 is 0. The van der Waals surface area contributed by atoms with Gasteiger partial charge in [-0.1, -0.05) is 13.8 Å². The maximum absolute atomic E-state index is 11.8. The molecule has 1 fully saturated rings. The molecule has 0 aromatic carbocycles. The minimum absolute atomic E-state index is 0.143. The molecule has 2 rings (SSSR count). The van der Waals surface area contributed by atoms with Crippen LogP contribution in [-0.2, 0) is 13.1 Å². The number of carbonyl (C=O) groups is 1. The molecular formula is C16H30N6O. The van der Waals surface area contributed by atoms with Gasteiger partial charge >= 0.3 is 6.03 Å². The Labute approximate surface area is 138 Å². The van der Waals surface area contributed by atoms with E-state index in [0.717, 1.165) is 37.2 Å². The van der Waals surface area contributed by atoms with Crippen molar-refractivity contribution in [2.24, 2.45) is 11.8 Å². The molecule has 1 aromatic heterocycles. The molecule has 0 bridgehead atoms. The average Bonchev–Trinajstić information content (AvgIpc) is 2.96. The van der Waals surface area contributed by atoms with E-state index in [2.05, 4.69) is 39.6 Å². The van der Waals surface area contributed by atoms with Crippen LogP contribution in [-0.4, -0.2) is 51.9 Å². The van der Waals surface area contributed by atoms with Crippen molar-refractivity contribution < 1.29 is 4.79 Å². The van der Waals surface area contributed by atoms with Crippen LogP contribution in [0.3, 0.4) is 0 Å². The van der Waals surface area contributed by atoms with Gasteiger partial charge in [0.2, 0.25) is 0 Å².